The molecule has 2 heterocycles. The van der Waals surface area contributed by atoms with E-state index in [2.05, 4.69) is 15.2 Å². The van der Waals surface area contributed by atoms with Crippen molar-refractivity contribution in [2.75, 3.05) is 0 Å². The molecule has 0 aliphatic heterocycles. The van der Waals surface area contributed by atoms with Gasteiger partial charge >= 0.3 is 12.1 Å². The number of benzene rings is 2. The third-order valence-electron chi connectivity index (χ3n) is 6.19. The van der Waals surface area contributed by atoms with Gasteiger partial charge in [-0.25, -0.2) is 13.4 Å². The summed E-state index contributed by atoms with van der Waals surface area (Å²) in [5.41, 5.74) is -0.439. The van der Waals surface area contributed by atoms with Crippen molar-refractivity contribution in [2.45, 2.75) is 57.3 Å². The third kappa shape index (κ3) is 5.87. The number of alkyl halides is 3. The van der Waals surface area contributed by atoms with Gasteiger partial charge in [0, 0.05) is 17.4 Å². The lowest BCUT2D eigenvalue weighted by Gasteiger charge is -2.21. The summed E-state index contributed by atoms with van der Waals surface area (Å²) < 4.78 is 73.4. The number of aliphatic hydroxyl groups excluding tert-OH is 1. The Morgan fingerprint density at radius 2 is 1.80 bits per heavy atom. The molecule has 0 aliphatic carbocycles. The third-order valence-corrected chi connectivity index (χ3v) is 8.84. The van der Waals surface area contributed by atoms with E-state index >= 15 is 0 Å². The number of nitrogens with zero attached hydrogens (tertiary/aromatic N) is 3. The minimum atomic E-state index is -4.76. The SMILES string of the molecule is CCC(NS(=O)(=O)c1ccc(-c2sc(-c3nnc(CC(C)(C)C(=O)O)o3)nc2CO)c2ccccc12)C(F)(F)F. The Morgan fingerprint density at radius 3 is 2.40 bits per heavy atom. The van der Waals surface area contributed by atoms with Crippen LogP contribution in [0.15, 0.2) is 45.7 Å². The highest BCUT2D eigenvalue weighted by atomic mass is 32.2. The Bertz CT molecular complexity index is 1660. The summed E-state index contributed by atoms with van der Waals surface area (Å²) in [4.78, 5) is 15.9. The van der Waals surface area contributed by atoms with Gasteiger partial charge in [0.1, 0.15) is 6.04 Å². The zero-order chi connectivity index (χ0) is 29.5. The van der Waals surface area contributed by atoms with Gasteiger partial charge in [-0.3, -0.25) is 4.79 Å². The molecule has 15 heteroatoms. The van der Waals surface area contributed by atoms with Crippen molar-refractivity contribution >= 4 is 38.1 Å². The van der Waals surface area contributed by atoms with Crippen LogP contribution >= 0.6 is 11.3 Å². The minimum Gasteiger partial charge on any atom is -0.481 e. The van der Waals surface area contributed by atoms with E-state index in [-0.39, 0.29) is 39.2 Å². The van der Waals surface area contributed by atoms with Crippen LogP contribution in [0, 0.1) is 5.41 Å². The quantitative estimate of drug-likeness (QED) is 0.234. The molecule has 0 spiro atoms. The zero-order valence-electron chi connectivity index (χ0n) is 21.5. The highest BCUT2D eigenvalue weighted by molar-refractivity contribution is 7.89. The summed E-state index contributed by atoms with van der Waals surface area (Å²) in [5.74, 6) is -0.948. The second-order valence-corrected chi connectivity index (χ2v) is 12.3. The molecular weight excluding hydrogens is 573 g/mol. The molecule has 0 bridgehead atoms. The van der Waals surface area contributed by atoms with Crippen LogP contribution in [-0.4, -0.2) is 52.0 Å². The Kier molecular flexibility index (Phi) is 8.04. The molecule has 0 aliphatic rings. The van der Waals surface area contributed by atoms with Crippen LogP contribution < -0.4 is 4.72 Å². The van der Waals surface area contributed by atoms with Crippen molar-refractivity contribution in [1.29, 1.82) is 0 Å². The van der Waals surface area contributed by atoms with Crippen molar-refractivity contribution in [2.24, 2.45) is 5.41 Å². The summed E-state index contributed by atoms with van der Waals surface area (Å²) in [6.07, 6.45) is -5.26. The van der Waals surface area contributed by atoms with Crippen molar-refractivity contribution < 1.29 is 41.0 Å². The summed E-state index contributed by atoms with van der Waals surface area (Å²) in [7, 11) is -4.56. The Hall–Kier alpha value is -3.40. The molecule has 214 valence electrons. The molecular formula is C25H25F3N4O6S2. The number of aromatic nitrogens is 3. The van der Waals surface area contributed by atoms with Gasteiger partial charge in [-0.2, -0.15) is 17.9 Å². The van der Waals surface area contributed by atoms with Gasteiger partial charge in [0.25, 0.3) is 5.89 Å². The summed E-state index contributed by atoms with van der Waals surface area (Å²) >= 11 is 1.08. The second kappa shape index (κ2) is 10.9. The molecule has 0 saturated carbocycles. The number of halogens is 3. The average molecular weight is 599 g/mol. The Morgan fingerprint density at radius 1 is 1.12 bits per heavy atom. The van der Waals surface area contributed by atoms with Gasteiger partial charge < -0.3 is 14.6 Å². The van der Waals surface area contributed by atoms with E-state index in [1.807, 2.05) is 0 Å². The van der Waals surface area contributed by atoms with E-state index < -0.39 is 46.7 Å². The summed E-state index contributed by atoms with van der Waals surface area (Å²) in [5, 5.41) is 28.1. The van der Waals surface area contributed by atoms with E-state index in [1.165, 1.54) is 39.0 Å². The first kappa shape index (κ1) is 29.6. The highest BCUT2D eigenvalue weighted by Gasteiger charge is 2.41. The molecule has 2 aromatic carbocycles. The number of nitrogens with one attached hydrogen (secondary N) is 1. The minimum absolute atomic E-state index is 0.00704. The van der Waals surface area contributed by atoms with Crippen LogP contribution in [0.2, 0.25) is 0 Å². The topological polar surface area (TPSA) is 156 Å². The number of rotatable bonds is 10. The maximum absolute atomic E-state index is 13.3. The first-order valence-electron chi connectivity index (χ1n) is 12.0. The van der Waals surface area contributed by atoms with Crippen molar-refractivity contribution in [3.8, 4) is 21.3 Å². The van der Waals surface area contributed by atoms with Crippen LogP contribution in [0.3, 0.4) is 0 Å². The maximum atomic E-state index is 13.3. The molecule has 4 rings (SSSR count). The lowest BCUT2D eigenvalue weighted by molar-refractivity contribution is -0.151. The fraction of sp³-hybridized carbons (Fsp3) is 0.360. The number of aliphatic hydroxyl groups is 1. The van der Waals surface area contributed by atoms with Gasteiger partial charge in [0.05, 0.1) is 27.5 Å². The monoisotopic (exact) mass is 598 g/mol. The molecule has 40 heavy (non-hydrogen) atoms. The molecule has 0 amide bonds. The number of hydrogen-bond acceptors (Lipinski definition) is 9. The fourth-order valence-electron chi connectivity index (χ4n) is 3.96. The Balaban J connectivity index is 1.76. The van der Waals surface area contributed by atoms with Crippen molar-refractivity contribution in [3.05, 3.63) is 48.0 Å². The zero-order valence-corrected chi connectivity index (χ0v) is 23.1. The van der Waals surface area contributed by atoms with Crippen LogP contribution in [0.5, 0.6) is 0 Å². The summed E-state index contributed by atoms with van der Waals surface area (Å²) in [6.45, 7) is 3.78. The Labute approximate surface area is 230 Å². The number of carboxylic acids is 1. The van der Waals surface area contributed by atoms with Crippen molar-refractivity contribution in [1.82, 2.24) is 19.9 Å². The second-order valence-electron chi connectivity index (χ2n) is 9.60. The molecule has 0 saturated heterocycles. The van der Waals surface area contributed by atoms with Gasteiger partial charge in [0.2, 0.25) is 15.9 Å². The molecule has 0 radical (unpaired) electrons. The largest absolute Gasteiger partial charge is 0.481 e. The van der Waals surface area contributed by atoms with E-state index in [1.54, 1.807) is 22.9 Å². The van der Waals surface area contributed by atoms with Gasteiger partial charge in [-0.1, -0.05) is 37.3 Å². The van der Waals surface area contributed by atoms with Crippen molar-refractivity contribution in [3.63, 3.8) is 0 Å². The maximum Gasteiger partial charge on any atom is 0.404 e. The van der Waals surface area contributed by atoms with Gasteiger partial charge in [0.15, 0.2) is 5.01 Å². The lowest BCUT2D eigenvalue weighted by Crippen LogP contribution is -2.44. The lowest BCUT2D eigenvalue weighted by atomic mass is 9.90. The van der Waals surface area contributed by atoms with E-state index in [9.17, 15) is 36.6 Å². The number of carbonyl (C=O) groups is 1. The number of sulfonamides is 1. The van der Waals surface area contributed by atoms with Crippen LogP contribution in [-0.2, 0) is 27.8 Å². The fourth-order valence-corrected chi connectivity index (χ4v) is 6.51. The number of aliphatic carboxylic acids is 1. The molecule has 1 atom stereocenters. The van der Waals surface area contributed by atoms with E-state index in [4.69, 9.17) is 4.42 Å². The highest BCUT2D eigenvalue weighted by Crippen LogP contribution is 2.40. The standard InChI is InChI=1S/C25H25F3N4O6S2/c1-4-18(25(26,27)28)32-40(36,37)17-10-9-15(13-7-5-6-8-14(13)17)20-16(12-33)29-22(39-20)21-31-30-19(38-21)11-24(2,3)23(34)35/h5-10,18,32-33H,4,11-12H2,1-3H3,(H,34,35). The molecule has 10 nitrogen and oxygen atoms in total. The van der Waals surface area contributed by atoms with Crippen LogP contribution in [0.25, 0.3) is 32.1 Å². The molecule has 2 aromatic heterocycles. The average Bonchev–Trinajstić information content (AvgIpc) is 3.52. The van der Waals surface area contributed by atoms with Gasteiger partial charge in [-0.15, -0.1) is 21.5 Å². The normalized spacial score (nSPS) is 13.6. The predicted molar refractivity (Wildman–Crippen MR) is 140 cm³/mol. The number of carboxylic acid groups (broad SMARTS) is 1. The molecule has 4 aromatic rings. The molecule has 1 unspecified atom stereocenters. The summed E-state index contributed by atoms with van der Waals surface area (Å²) in [6, 6.07) is 6.71. The number of hydrogen-bond donors (Lipinski definition) is 3. The molecule has 0 fully saturated rings. The van der Waals surface area contributed by atoms with E-state index in [0.717, 1.165) is 11.3 Å². The van der Waals surface area contributed by atoms with Gasteiger partial charge in [-0.05, 0) is 31.7 Å². The predicted octanol–water partition coefficient (Wildman–Crippen LogP) is 4.78. The number of fused-ring (bicyclic) bond motifs is 1. The van der Waals surface area contributed by atoms with Crippen LogP contribution in [0.4, 0.5) is 13.2 Å². The first-order chi connectivity index (χ1) is 18.7. The number of thiazole rings is 1. The smallest absolute Gasteiger partial charge is 0.404 e. The first-order valence-corrected chi connectivity index (χ1v) is 14.3. The van der Waals surface area contributed by atoms with Crippen LogP contribution in [0.1, 0.15) is 38.8 Å². The molecule has 3 N–H and O–H groups in total. The van der Waals surface area contributed by atoms with E-state index in [0.29, 0.717) is 15.8 Å².